The van der Waals surface area contributed by atoms with Gasteiger partial charge in [0.1, 0.15) is 0 Å². The van der Waals surface area contributed by atoms with Gasteiger partial charge in [-0.3, -0.25) is 9.63 Å². The summed E-state index contributed by atoms with van der Waals surface area (Å²) in [6.07, 6.45) is 15.9. The number of nitrogens with zero attached hydrogens (tertiary/aromatic N) is 1. The summed E-state index contributed by atoms with van der Waals surface area (Å²) in [5.74, 6) is -0.124. The first-order valence-electron chi connectivity index (χ1n) is 14.2. The fourth-order valence-electron chi connectivity index (χ4n) is 4.43. The largest absolute Gasteiger partial charge is 0.322 e. The molecule has 0 heterocycles. The summed E-state index contributed by atoms with van der Waals surface area (Å²) in [6, 6.07) is 27.2. The lowest BCUT2D eigenvalue weighted by atomic mass is 10.1. The highest BCUT2D eigenvalue weighted by atomic mass is 16.7. The Bertz CT molecular complexity index is 990. The van der Waals surface area contributed by atoms with Crippen LogP contribution in [0.1, 0.15) is 94.3 Å². The summed E-state index contributed by atoms with van der Waals surface area (Å²) in [6.45, 7) is 2.94. The minimum Gasteiger partial charge on any atom is -0.322 e. The summed E-state index contributed by atoms with van der Waals surface area (Å²) in [5.41, 5.74) is 3.28. The molecule has 0 spiro atoms. The molecule has 0 radical (unpaired) electrons. The molecule has 3 aromatic carbocycles. The number of rotatable bonds is 18. The lowest BCUT2D eigenvalue weighted by Crippen LogP contribution is -2.19. The number of carbonyl (C=O) groups excluding carboxylic acids is 1. The van der Waals surface area contributed by atoms with Crippen LogP contribution in [0.5, 0.6) is 0 Å². The molecule has 4 nitrogen and oxygen atoms in total. The number of anilines is 3. The van der Waals surface area contributed by atoms with E-state index in [0.29, 0.717) is 12.2 Å². The number of nitrogens with one attached hydrogen (secondary N) is 1. The van der Waals surface area contributed by atoms with Crippen molar-refractivity contribution in [1.82, 2.24) is 0 Å². The number of para-hydroxylation sites is 2. The third kappa shape index (κ3) is 10.8. The number of hydrogen-bond acceptors (Lipinski definition) is 3. The molecule has 0 atom stereocenters. The van der Waals surface area contributed by atoms with E-state index >= 15 is 0 Å². The molecule has 3 aromatic rings. The van der Waals surface area contributed by atoms with E-state index in [4.69, 9.17) is 4.84 Å². The molecule has 0 aliphatic rings. The zero-order valence-electron chi connectivity index (χ0n) is 22.5. The molecule has 0 saturated heterocycles. The molecule has 0 aliphatic carbocycles. The van der Waals surface area contributed by atoms with Crippen LogP contribution in [0.4, 0.5) is 17.1 Å². The van der Waals surface area contributed by atoms with Crippen molar-refractivity contribution in [3.63, 3.8) is 0 Å². The summed E-state index contributed by atoms with van der Waals surface area (Å²) < 4.78 is 0. The first-order valence-corrected chi connectivity index (χ1v) is 14.2. The van der Waals surface area contributed by atoms with Crippen molar-refractivity contribution in [3.05, 3.63) is 90.5 Å². The van der Waals surface area contributed by atoms with Crippen LogP contribution in [-0.4, -0.2) is 12.5 Å². The maximum Gasteiger partial charge on any atom is 0.255 e. The summed E-state index contributed by atoms with van der Waals surface area (Å²) >= 11 is 0. The van der Waals surface area contributed by atoms with Gasteiger partial charge in [0.2, 0.25) is 0 Å². The molecule has 1 amide bonds. The Morgan fingerprint density at radius 1 is 0.622 bits per heavy atom. The molecule has 198 valence electrons. The van der Waals surface area contributed by atoms with Crippen molar-refractivity contribution in [1.29, 1.82) is 0 Å². The molecule has 4 heteroatoms. The van der Waals surface area contributed by atoms with E-state index < -0.39 is 0 Å². The predicted octanol–water partition coefficient (Wildman–Crippen LogP) is 9.71. The van der Waals surface area contributed by atoms with Crippen LogP contribution in [0.3, 0.4) is 0 Å². The SMILES string of the molecule is CCCCCCCCCCCCCCON(c1ccccc1)c1ccc(C(=O)Nc2ccccc2)cc1. The van der Waals surface area contributed by atoms with E-state index in [0.717, 1.165) is 23.5 Å². The van der Waals surface area contributed by atoms with Gasteiger partial charge >= 0.3 is 0 Å². The Hall–Kier alpha value is -3.11. The monoisotopic (exact) mass is 500 g/mol. The van der Waals surface area contributed by atoms with E-state index in [9.17, 15) is 4.79 Å². The number of amides is 1. The van der Waals surface area contributed by atoms with Gasteiger partial charge in [-0.2, -0.15) is 0 Å². The lowest BCUT2D eigenvalue weighted by Gasteiger charge is -2.24. The van der Waals surface area contributed by atoms with Crippen LogP contribution in [0.25, 0.3) is 0 Å². The van der Waals surface area contributed by atoms with Crippen molar-refractivity contribution in [2.45, 2.75) is 84.0 Å². The van der Waals surface area contributed by atoms with Gasteiger partial charge in [-0.25, -0.2) is 5.06 Å². The van der Waals surface area contributed by atoms with Crippen LogP contribution in [0.2, 0.25) is 0 Å². The molecule has 0 fully saturated rings. The lowest BCUT2D eigenvalue weighted by molar-refractivity contribution is 0.102. The van der Waals surface area contributed by atoms with E-state index in [2.05, 4.69) is 12.2 Å². The van der Waals surface area contributed by atoms with Crippen LogP contribution < -0.4 is 10.4 Å². The Kier molecular flexibility index (Phi) is 13.4. The maximum atomic E-state index is 12.6. The highest BCUT2D eigenvalue weighted by Gasteiger charge is 2.12. The fraction of sp³-hybridized carbons (Fsp3) is 0.424. The first-order chi connectivity index (χ1) is 18.3. The van der Waals surface area contributed by atoms with Gasteiger partial charge in [0.25, 0.3) is 5.91 Å². The number of unbranched alkanes of at least 4 members (excludes halogenated alkanes) is 11. The highest BCUT2D eigenvalue weighted by molar-refractivity contribution is 6.04. The van der Waals surface area contributed by atoms with Gasteiger partial charge in [-0.1, -0.05) is 114 Å². The fourth-order valence-corrected chi connectivity index (χ4v) is 4.43. The number of hydrogen-bond donors (Lipinski definition) is 1. The topological polar surface area (TPSA) is 41.6 Å². The smallest absolute Gasteiger partial charge is 0.255 e. The quantitative estimate of drug-likeness (QED) is 0.140. The molecular weight excluding hydrogens is 456 g/mol. The molecule has 1 N–H and O–H groups in total. The van der Waals surface area contributed by atoms with Crippen molar-refractivity contribution < 1.29 is 9.63 Å². The molecule has 0 aromatic heterocycles. The number of benzene rings is 3. The zero-order valence-corrected chi connectivity index (χ0v) is 22.5. The van der Waals surface area contributed by atoms with Crippen LogP contribution in [0, 0.1) is 0 Å². The minimum absolute atomic E-state index is 0.124. The second-order valence-electron chi connectivity index (χ2n) is 9.72. The van der Waals surface area contributed by atoms with Crippen molar-refractivity contribution in [2.75, 3.05) is 17.0 Å². The summed E-state index contributed by atoms with van der Waals surface area (Å²) in [5, 5.41) is 4.81. The Morgan fingerprint density at radius 3 is 1.68 bits per heavy atom. The van der Waals surface area contributed by atoms with Crippen LogP contribution in [-0.2, 0) is 4.84 Å². The summed E-state index contributed by atoms with van der Waals surface area (Å²) in [7, 11) is 0. The Morgan fingerprint density at radius 2 is 1.11 bits per heavy atom. The third-order valence-electron chi connectivity index (χ3n) is 6.60. The molecule has 0 saturated carbocycles. The normalized spacial score (nSPS) is 10.8. The minimum atomic E-state index is -0.124. The van der Waals surface area contributed by atoms with Crippen molar-refractivity contribution >= 4 is 23.0 Å². The molecule has 0 aliphatic heterocycles. The molecule has 37 heavy (non-hydrogen) atoms. The zero-order chi connectivity index (χ0) is 26.0. The average Bonchev–Trinajstić information content (AvgIpc) is 2.94. The van der Waals surface area contributed by atoms with Gasteiger partial charge in [0.05, 0.1) is 18.0 Å². The third-order valence-corrected chi connectivity index (χ3v) is 6.60. The van der Waals surface area contributed by atoms with Gasteiger partial charge in [-0.15, -0.1) is 0 Å². The Labute approximate surface area is 224 Å². The van der Waals surface area contributed by atoms with E-state index in [-0.39, 0.29) is 5.91 Å². The molecule has 0 unspecified atom stereocenters. The van der Waals surface area contributed by atoms with E-state index in [1.807, 2.05) is 90.0 Å². The standard InChI is InChI=1S/C33H44N2O2/c1-2-3-4-5-6-7-8-9-10-11-12-19-28-37-35(31-22-17-14-18-23-31)32-26-24-29(25-27-32)33(36)34-30-20-15-13-16-21-30/h13-18,20-27H,2-12,19,28H2,1H3,(H,34,36). The molecule has 0 bridgehead atoms. The summed E-state index contributed by atoms with van der Waals surface area (Å²) in [4.78, 5) is 18.9. The van der Waals surface area contributed by atoms with Gasteiger partial charge in [-0.05, 0) is 55.0 Å². The van der Waals surface area contributed by atoms with E-state index in [1.54, 1.807) is 0 Å². The van der Waals surface area contributed by atoms with Gasteiger partial charge < -0.3 is 5.32 Å². The van der Waals surface area contributed by atoms with Gasteiger partial charge in [0, 0.05) is 11.3 Å². The molecular formula is C33H44N2O2. The van der Waals surface area contributed by atoms with Crippen molar-refractivity contribution in [3.8, 4) is 0 Å². The van der Waals surface area contributed by atoms with Crippen LogP contribution in [0.15, 0.2) is 84.9 Å². The van der Waals surface area contributed by atoms with Gasteiger partial charge in [0.15, 0.2) is 0 Å². The van der Waals surface area contributed by atoms with E-state index in [1.165, 1.54) is 70.6 Å². The maximum absolute atomic E-state index is 12.6. The molecule has 3 rings (SSSR count). The van der Waals surface area contributed by atoms with Crippen LogP contribution >= 0.6 is 0 Å². The first kappa shape index (κ1) is 28.5. The second-order valence-corrected chi connectivity index (χ2v) is 9.72. The number of carbonyl (C=O) groups is 1. The highest BCUT2D eigenvalue weighted by Crippen LogP contribution is 2.26. The second kappa shape index (κ2) is 17.4. The Balaban J connectivity index is 1.41. The predicted molar refractivity (Wildman–Crippen MR) is 156 cm³/mol. The van der Waals surface area contributed by atoms with Crippen molar-refractivity contribution in [2.24, 2.45) is 0 Å². The average molecular weight is 501 g/mol.